The van der Waals surface area contributed by atoms with Gasteiger partial charge in [-0.25, -0.2) is 0 Å². The van der Waals surface area contributed by atoms with Gasteiger partial charge < -0.3 is 10.0 Å². The molecule has 20 heavy (non-hydrogen) atoms. The lowest BCUT2D eigenvalue weighted by Gasteiger charge is -2.30. The second kappa shape index (κ2) is 4.81. The molecule has 0 aromatic heterocycles. The number of benzene rings is 1. The summed E-state index contributed by atoms with van der Waals surface area (Å²) in [6, 6.07) is 2.40. The van der Waals surface area contributed by atoms with Crippen molar-refractivity contribution >= 4 is 17.4 Å². The van der Waals surface area contributed by atoms with Crippen LogP contribution >= 0.6 is 0 Å². The quantitative estimate of drug-likeness (QED) is 0.807. The fraction of sp³-hybridized carbons (Fsp3) is 0.385. The summed E-state index contributed by atoms with van der Waals surface area (Å²) in [5, 5.41) is 9.68. The van der Waals surface area contributed by atoms with Crippen LogP contribution in [0.2, 0.25) is 0 Å². The fourth-order valence-electron chi connectivity index (χ4n) is 2.27. The number of halogens is 3. The number of Topliss-reactive ketones (excluding diaryl/α,β-unsaturated/α-hetero) is 1. The highest BCUT2D eigenvalue weighted by molar-refractivity contribution is 6.02. The zero-order valence-corrected chi connectivity index (χ0v) is 10.6. The Morgan fingerprint density at radius 2 is 1.95 bits per heavy atom. The molecule has 0 unspecified atom stereocenters. The highest BCUT2D eigenvalue weighted by Crippen LogP contribution is 2.35. The van der Waals surface area contributed by atoms with E-state index in [1.165, 1.54) is 13.0 Å². The minimum Gasteiger partial charge on any atom is -0.507 e. The molecule has 0 spiro atoms. The van der Waals surface area contributed by atoms with Crippen molar-refractivity contribution in [3.8, 4) is 5.75 Å². The molecular weight excluding hydrogens is 275 g/mol. The molecule has 1 aromatic carbocycles. The van der Waals surface area contributed by atoms with E-state index in [-0.39, 0.29) is 23.5 Å². The van der Waals surface area contributed by atoms with Gasteiger partial charge in [0.2, 0.25) is 0 Å². The summed E-state index contributed by atoms with van der Waals surface area (Å²) in [7, 11) is 0. The highest BCUT2D eigenvalue weighted by atomic mass is 19.4. The number of hydrogen-bond acceptors (Lipinski definition) is 3. The van der Waals surface area contributed by atoms with Gasteiger partial charge >= 0.3 is 12.1 Å². The van der Waals surface area contributed by atoms with E-state index in [1.54, 1.807) is 0 Å². The molecule has 1 heterocycles. The number of phenolic OH excluding ortho intramolecular Hbond substituents is 1. The largest absolute Gasteiger partial charge is 0.507 e. The molecule has 1 aromatic rings. The number of carbonyl (C=O) groups is 2. The summed E-state index contributed by atoms with van der Waals surface area (Å²) in [4.78, 5) is 23.4. The molecule has 7 heteroatoms. The third-order valence-electron chi connectivity index (χ3n) is 3.18. The number of nitrogens with zero attached hydrogens (tertiary/aromatic N) is 1. The lowest BCUT2D eigenvalue weighted by molar-refractivity contribution is -0.170. The average Bonchev–Trinajstić information content (AvgIpc) is 2.34. The van der Waals surface area contributed by atoms with Crippen molar-refractivity contribution in [3.63, 3.8) is 0 Å². The van der Waals surface area contributed by atoms with Crippen LogP contribution in [-0.2, 0) is 11.2 Å². The number of alkyl halides is 3. The molecule has 0 radical (unpaired) electrons. The summed E-state index contributed by atoms with van der Waals surface area (Å²) in [5.74, 6) is -2.72. The van der Waals surface area contributed by atoms with E-state index < -0.39 is 17.9 Å². The first-order valence-electron chi connectivity index (χ1n) is 5.97. The minimum absolute atomic E-state index is 0.0431. The Kier molecular flexibility index (Phi) is 3.45. The first-order chi connectivity index (χ1) is 9.21. The Bertz CT molecular complexity index is 581. The van der Waals surface area contributed by atoms with Gasteiger partial charge in [-0.1, -0.05) is 0 Å². The van der Waals surface area contributed by atoms with Gasteiger partial charge in [-0.2, -0.15) is 13.2 Å². The number of carbonyl (C=O) groups excluding carboxylic acids is 2. The van der Waals surface area contributed by atoms with Crippen LogP contribution in [0.15, 0.2) is 12.1 Å². The van der Waals surface area contributed by atoms with Crippen LogP contribution in [0.3, 0.4) is 0 Å². The van der Waals surface area contributed by atoms with Crippen LogP contribution in [0.25, 0.3) is 0 Å². The van der Waals surface area contributed by atoms with Gasteiger partial charge in [-0.15, -0.1) is 0 Å². The van der Waals surface area contributed by atoms with Crippen molar-refractivity contribution in [1.29, 1.82) is 0 Å². The number of rotatable bonds is 1. The molecule has 2 rings (SSSR count). The summed E-state index contributed by atoms with van der Waals surface area (Å²) in [6.45, 7) is 1.13. The van der Waals surface area contributed by atoms with E-state index in [2.05, 4.69) is 0 Å². The van der Waals surface area contributed by atoms with Crippen molar-refractivity contribution < 1.29 is 27.9 Å². The lowest BCUT2D eigenvalue weighted by Crippen LogP contribution is -2.44. The smallest absolute Gasteiger partial charge is 0.471 e. The minimum atomic E-state index is -4.97. The van der Waals surface area contributed by atoms with Gasteiger partial charge in [0.25, 0.3) is 0 Å². The van der Waals surface area contributed by atoms with Crippen molar-refractivity contribution in [2.24, 2.45) is 0 Å². The maximum atomic E-state index is 12.6. The molecule has 1 amide bonds. The first-order valence-corrected chi connectivity index (χ1v) is 5.97. The van der Waals surface area contributed by atoms with Gasteiger partial charge in [-0.3, -0.25) is 9.59 Å². The van der Waals surface area contributed by atoms with Crippen molar-refractivity contribution in [2.75, 3.05) is 11.4 Å². The standard InChI is InChI=1S/C13H12F3NO3/c1-7(18)9-6-10-8(5-11(9)19)3-2-4-17(10)12(20)13(14,15)16/h5-6,19H,2-4H2,1H3. The van der Waals surface area contributed by atoms with Gasteiger partial charge in [0.15, 0.2) is 5.78 Å². The average molecular weight is 287 g/mol. The Hall–Kier alpha value is -2.05. The van der Waals surface area contributed by atoms with Crippen LogP contribution in [0.1, 0.15) is 29.3 Å². The molecule has 1 N–H and O–H groups in total. The Balaban J connectivity index is 2.52. The van der Waals surface area contributed by atoms with E-state index in [9.17, 15) is 27.9 Å². The third-order valence-corrected chi connectivity index (χ3v) is 3.18. The predicted molar refractivity (Wildman–Crippen MR) is 64.8 cm³/mol. The summed E-state index contributed by atoms with van der Waals surface area (Å²) in [6.07, 6.45) is -4.15. The Labute approximate surface area is 112 Å². The molecule has 0 aliphatic carbocycles. The van der Waals surface area contributed by atoms with Crippen LogP contribution in [0, 0.1) is 0 Å². The van der Waals surface area contributed by atoms with E-state index >= 15 is 0 Å². The summed E-state index contributed by atoms with van der Waals surface area (Å²) < 4.78 is 37.7. The zero-order chi connectivity index (χ0) is 15.1. The zero-order valence-electron chi connectivity index (χ0n) is 10.6. The third kappa shape index (κ3) is 2.48. The molecule has 0 bridgehead atoms. The summed E-state index contributed by atoms with van der Waals surface area (Å²) >= 11 is 0. The molecule has 1 aliphatic heterocycles. The molecule has 0 saturated carbocycles. The van der Waals surface area contributed by atoms with Gasteiger partial charge in [0, 0.05) is 12.2 Å². The monoisotopic (exact) mass is 287 g/mol. The number of phenols is 1. The number of ketones is 1. The normalized spacial score (nSPS) is 14.9. The van der Waals surface area contributed by atoms with E-state index in [4.69, 9.17) is 0 Å². The molecule has 108 valence electrons. The number of anilines is 1. The van der Waals surface area contributed by atoms with Crippen LogP contribution < -0.4 is 4.90 Å². The van der Waals surface area contributed by atoms with E-state index in [1.807, 2.05) is 0 Å². The molecule has 0 atom stereocenters. The van der Waals surface area contributed by atoms with Gasteiger partial charge in [-0.05, 0) is 37.5 Å². The molecule has 0 fully saturated rings. The van der Waals surface area contributed by atoms with Crippen molar-refractivity contribution in [2.45, 2.75) is 25.9 Å². The Morgan fingerprint density at radius 1 is 1.30 bits per heavy atom. The fourth-order valence-corrected chi connectivity index (χ4v) is 2.27. The van der Waals surface area contributed by atoms with Crippen molar-refractivity contribution in [3.05, 3.63) is 23.3 Å². The first kappa shape index (κ1) is 14.4. The second-order valence-corrected chi connectivity index (χ2v) is 4.61. The number of hydrogen-bond donors (Lipinski definition) is 1. The predicted octanol–water partition coefficient (Wildman–Crippen LogP) is 2.44. The molecular formula is C13H12F3NO3. The number of aryl methyl sites for hydroxylation is 1. The lowest BCUT2D eigenvalue weighted by atomic mass is 9.97. The van der Waals surface area contributed by atoms with Gasteiger partial charge in [0.1, 0.15) is 5.75 Å². The van der Waals surface area contributed by atoms with Crippen molar-refractivity contribution in [1.82, 2.24) is 0 Å². The number of amides is 1. The topological polar surface area (TPSA) is 57.6 Å². The van der Waals surface area contributed by atoms with E-state index in [0.717, 1.165) is 6.07 Å². The maximum absolute atomic E-state index is 12.6. The molecule has 0 saturated heterocycles. The van der Waals surface area contributed by atoms with Crippen LogP contribution in [0.5, 0.6) is 5.75 Å². The second-order valence-electron chi connectivity index (χ2n) is 4.61. The maximum Gasteiger partial charge on any atom is 0.471 e. The van der Waals surface area contributed by atoms with Crippen LogP contribution in [-0.4, -0.2) is 29.5 Å². The van der Waals surface area contributed by atoms with Crippen LogP contribution in [0.4, 0.5) is 18.9 Å². The highest BCUT2D eigenvalue weighted by Gasteiger charge is 2.44. The molecule has 4 nitrogen and oxygen atoms in total. The number of fused-ring (bicyclic) bond motifs is 1. The van der Waals surface area contributed by atoms with E-state index in [0.29, 0.717) is 23.3 Å². The summed E-state index contributed by atoms with van der Waals surface area (Å²) in [5.41, 5.74) is 0.378. The Morgan fingerprint density at radius 3 is 2.50 bits per heavy atom. The van der Waals surface area contributed by atoms with Gasteiger partial charge in [0.05, 0.1) is 5.56 Å². The number of aromatic hydroxyl groups is 1. The SMILES string of the molecule is CC(=O)c1cc2c(cc1O)CCCN2C(=O)C(F)(F)F. The molecule has 1 aliphatic rings.